The molecule has 1 rings (SSSR count). The van der Waals surface area contributed by atoms with E-state index < -0.39 is 0 Å². The van der Waals surface area contributed by atoms with Gasteiger partial charge in [0.2, 0.25) is 0 Å². The Kier molecular flexibility index (Phi) is 20.7. The average Bonchev–Trinajstić information content (AvgIpc) is 2.86. The molecule has 0 radical (unpaired) electrons. The van der Waals surface area contributed by atoms with Crippen LogP contribution in [0.2, 0.25) is 0 Å². The maximum absolute atomic E-state index is 2.45. The van der Waals surface area contributed by atoms with Crippen LogP contribution >= 0.6 is 0 Å². The van der Waals surface area contributed by atoms with E-state index in [2.05, 4.69) is 41.5 Å². The summed E-state index contributed by atoms with van der Waals surface area (Å²) in [6.45, 7) is 14.5. The summed E-state index contributed by atoms with van der Waals surface area (Å²) in [6, 6.07) is 0. The van der Waals surface area contributed by atoms with Crippen LogP contribution in [0.25, 0.3) is 0 Å². The van der Waals surface area contributed by atoms with Gasteiger partial charge in [-0.25, -0.2) is 0 Å². The largest absolute Gasteiger partial charge is 0.0654 e. The van der Waals surface area contributed by atoms with Crippen molar-refractivity contribution in [3.63, 3.8) is 0 Å². The van der Waals surface area contributed by atoms with Crippen LogP contribution in [0.3, 0.4) is 0 Å². The third-order valence-corrected chi connectivity index (χ3v) is 10.1. The molecule has 1 fully saturated rings. The molecule has 0 saturated heterocycles. The number of hydrogen-bond donors (Lipinski definition) is 0. The van der Waals surface area contributed by atoms with Gasteiger partial charge in [-0.2, -0.15) is 0 Å². The summed E-state index contributed by atoms with van der Waals surface area (Å²) in [5, 5.41) is 0. The van der Waals surface area contributed by atoms with Crippen molar-refractivity contribution in [2.24, 2.45) is 29.1 Å². The second-order valence-electron chi connectivity index (χ2n) is 13.4. The highest BCUT2D eigenvalue weighted by molar-refractivity contribution is 4.94. The molecule has 0 heteroatoms. The SMILES string of the molecule is CCCCCC(CCC)CC1CCCCC1(CC(CCC)CCCCC)CC(CCC)CCCCC. The van der Waals surface area contributed by atoms with Crippen molar-refractivity contribution in [3.8, 4) is 0 Å². The fourth-order valence-electron chi connectivity index (χ4n) is 8.27. The van der Waals surface area contributed by atoms with Crippen LogP contribution in [0.15, 0.2) is 0 Å². The highest BCUT2D eigenvalue weighted by atomic mass is 14.5. The second-order valence-corrected chi connectivity index (χ2v) is 13.4. The molecule has 1 saturated carbocycles. The minimum absolute atomic E-state index is 0.660. The minimum Gasteiger partial charge on any atom is -0.0654 e. The summed E-state index contributed by atoms with van der Waals surface area (Å²) in [7, 11) is 0. The van der Waals surface area contributed by atoms with Crippen LogP contribution in [0.5, 0.6) is 0 Å². The Morgan fingerprint density at radius 3 is 1.39 bits per heavy atom. The van der Waals surface area contributed by atoms with Gasteiger partial charge in [0.05, 0.1) is 0 Å². The van der Waals surface area contributed by atoms with Crippen LogP contribution < -0.4 is 0 Å². The number of hydrogen-bond acceptors (Lipinski definition) is 0. The third kappa shape index (κ3) is 13.7. The molecule has 1 aliphatic rings. The van der Waals surface area contributed by atoms with E-state index in [1.807, 2.05) is 0 Å². The van der Waals surface area contributed by atoms with Gasteiger partial charge in [-0.05, 0) is 61.2 Å². The fourth-order valence-corrected chi connectivity index (χ4v) is 8.27. The molecule has 0 aromatic carbocycles. The lowest BCUT2D eigenvalue weighted by Gasteiger charge is -2.49. The number of rotatable bonds is 24. The van der Waals surface area contributed by atoms with Crippen molar-refractivity contribution < 1.29 is 0 Å². The molecule has 0 aliphatic heterocycles. The van der Waals surface area contributed by atoms with Gasteiger partial charge in [0.25, 0.3) is 0 Å². The van der Waals surface area contributed by atoms with E-state index in [0.717, 1.165) is 23.7 Å². The molecule has 1 aliphatic carbocycles. The zero-order chi connectivity index (χ0) is 26.5. The van der Waals surface area contributed by atoms with Gasteiger partial charge in [-0.15, -0.1) is 0 Å². The minimum atomic E-state index is 0.660. The van der Waals surface area contributed by atoms with Crippen molar-refractivity contribution >= 4 is 0 Å². The van der Waals surface area contributed by atoms with E-state index in [-0.39, 0.29) is 0 Å². The van der Waals surface area contributed by atoms with Crippen LogP contribution in [-0.2, 0) is 0 Å². The summed E-state index contributed by atoms with van der Waals surface area (Å²) < 4.78 is 0. The lowest BCUT2D eigenvalue weighted by Crippen LogP contribution is -2.39. The first kappa shape index (κ1) is 34.0. The van der Waals surface area contributed by atoms with Crippen molar-refractivity contribution in [1.29, 1.82) is 0 Å². The molecule has 0 amide bonds. The van der Waals surface area contributed by atoms with Gasteiger partial charge < -0.3 is 0 Å². The second kappa shape index (κ2) is 21.9. The highest BCUT2D eigenvalue weighted by Gasteiger charge is 2.43. The highest BCUT2D eigenvalue weighted by Crippen LogP contribution is 2.54. The number of unbranched alkanes of at least 4 members (excludes halogenated alkanes) is 6. The molecular formula is C36H72. The van der Waals surface area contributed by atoms with Gasteiger partial charge in [0.15, 0.2) is 0 Å². The first-order valence-electron chi connectivity index (χ1n) is 17.6. The molecule has 36 heavy (non-hydrogen) atoms. The summed E-state index contributed by atoms with van der Waals surface area (Å²) in [6.07, 6.45) is 36.9. The Morgan fingerprint density at radius 2 is 0.944 bits per heavy atom. The maximum atomic E-state index is 2.45. The molecule has 0 aromatic heterocycles. The monoisotopic (exact) mass is 505 g/mol. The van der Waals surface area contributed by atoms with Crippen molar-refractivity contribution in [3.05, 3.63) is 0 Å². The molecule has 0 aromatic rings. The van der Waals surface area contributed by atoms with E-state index in [1.54, 1.807) is 32.1 Å². The Balaban J connectivity index is 3.18. The Hall–Kier alpha value is 0. The van der Waals surface area contributed by atoms with Crippen molar-refractivity contribution in [2.45, 2.75) is 202 Å². The van der Waals surface area contributed by atoms with Crippen LogP contribution in [0, 0.1) is 29.1 Å². The first-order valence-corrected chi connectivity index (χ1v) is 17.6. The van der Waals surface area contributed by atoms with Gasteiger partial charge in [0.1, 0.15) is 0 Å². The smallest absolute Gasteiger partial charge is 0.0264 e. The van der Waals surface area contributed by atoms with Gasteiger partial charge in [-0.1, -0.05) is 170 Å². The summed E-state index contributed by atoms with van der Waals surface area (Å²) >= 11 is 0. The Labute approximate surface area is 231 Å². The maximum Gasteiger partial charge on any atom is -0.0264 e. The molecule has 0 bridgehead atoms. The third-order valence-electron chi connectivity index (χ3n) is 10.1. The predicted octanol–water partition coefficient (Wildman–Crippen LogP) is 13.3. The zero-order valence-corrected chi connectivity index (χ0v) is 26.5. The molecule has 0 spiro atoms. The standard InChI is InChI=1S/C36H72/c1-7-13-16-24-32(21-10-4)29-35-27-19-20-28-36(35,30-33(22-11-5)25-17-14-8-2)31-34(23-12-6)26-18-15-9-3/h32-35H,7-31H2,1-6H3. The average molecular weight is 505 g/mol. The van der Waals surface area contributed by atoms with Crippen LogP contribution in [0.1, 0.15) is 202 Å². The molecule has 0 N–H and O–H groups in total. The van der Waals surface area contributed by atoms with Crippen molar-refractivity contribution in [1.82, 2.24) is 0 Å². The van der Waals surface area contributed by atoms with Crippen LogP contribution in [0.4, 0.5) is 0 Å². The topological polar surface area (TPSA) is 0 Å². The predicted molar refractivity (Wildman–Crippen MR) is 166 cm³/mol. The fraction of sp³-hybridized carbons (Fsp3) is 1.00. The molecule has 4 atom stereocenters. The van der Waals surface area contributed by atoms with E-state index >= 15 is 0 Å². The van der Waals surface area contributed by atoms with E-state index in [4.69, 9.17) is 0 Å². The summed E-state index contributed by atoms with van der Waals surface area (Å²) in [4.78, 5) is 0. The summed E-state index contributed by atoms with van der Waals surface area (Å²) in [5.74, 6) is 3.99. The van der Waals surface area contributed by atoms with Crippen molar-refractivity contribution in [2.75, 3.05) is 0 Å². The van der Waals surface area contributed by atoms with E-state index in [9.17, 15) is 0 Å². The zero-order valence-electron chi connectivity index (χ0n) is 26.5. The van der Waals surface area contributed by atoms with Crippen LogP contribution in [-0.4, -0.2) is 0 Å². The molecule has 0 heterocycles. The normalized spacial score (nSPS) is 23.0. The molecule has 0 nitrogen and oxygen atoms in total. The van der Waals surface area contributed by atoms with Gasteiger partial charge in [0, 0.05) is 0 Å². The molecular weight excluding hydrogens is 432 g/mol. The Morgan fingerprint density at radius 1 is 0.500 bits per heavy atom. The van der Waals surface area contributed by atoms with Gasteiger partial charge >= 0.3 is 0 Å². The van der Waals surface area contributed by atoms with Gasteiger partial charge in [-0.3, -0.25) is 0 Å². The lowest BCUT2D eigenvalue weighted by atomic mass is 9.56. The molecule has 4 unspecified atom stereocenters. The van der Waals surface area contributed by atoms with E-state index in [1.165, 1.54) is 128 Å². The van der Waals surface area contributed by atoms with E-state index in [0.29, 0.717) is 5.41 Å². The lowest BCUT2D eigenvalue weighted by molar-refractivity contribution is 0.0117. The Bertz CT molecular complexity index is 443. The molecule has 216 valence electrons. The quantitative estimate of drug-likeness (QED) is 0.115. The summed E-state index contributed by atoms with van der Waals surface area (Å²) in [5.41, 5.74) is 0.660. The first-order chi connectivity index (χ1) is 17.6.